The highest BCUT2D eigenvalue weighted by molar-refractivity contribution is 5.54. The molecule has 2 aromatic rings. The Morgan fingerprint density at radius 3 is 2.95 bits per heavy atom. The van der Waals surface area contributed by atoms with E-state index in [0.29, 0.717) is 11.9 Å². The van der Waals surface area contributed by atoms with E-state index in [9.17, 15) is 0 Å². The van der Waals surface area contributed by atoms with Gasteiger partial charge in [-0.1, -0.05) is 18.1 Å². The molecule has 0 saturated carbocycles. The third kappa shape index (κ3) is 3.71. The Hall–Kier alpha value is -2.08. The van der Waals surface area contributed by atoms with E-state index >= 15 is 0 Å². The minimum Gasteiger partial charge on any atom is -0.497 e. The molecule has 1 heterocycles. The summed E-state index contributed by atoms with van der Waals surface area (Å²) in [5.41, 5.74) is 0.841. The first-order valence-electron chi connectivity index (χ1n) is 6.70. The second-order valence-electron chi connectivity index (χ2n) is 4.48. The molecule has 6 heteroatoms. The Kier molecular flexibility index (Phi) is 4.95. The molecule has 2 rings (SSSR count). The van der Waals surface area contributed by atoms with Gasteiger partial charge in [-0.25, -0.2) is 0 Å². The Balaban J connectivity index is 2.01. The molecule has 0 aliphatic rings. The second kappa shape index (κ2) is 6.91. The zero-order valence-electron chi connectivity index (χ0n) is 12.0. The van der Waals surface area contributed by atoms with Crippen molar-refractivity contribution in [3.8, 4) is 5.75 Å². The number of ether oxygens (including phenoxy) is 1. The Morgan fingerprint density at radius 1 is 1.35 bits per heavy atom. The van der Waals surface area contributed by atoms with E-state index < -0.39 is 0 Å². The van der Waals surface area contributed by atoms with E-state index in [4.69, 9.17) is 9.15 Å². The van der Waals surface area contributed by atoms with Crippen LogP contribution in [0, 0.1) is 0 Å². The SMILES string of the molecule is CCCNC(C)c1nnc(Nc2cccc(OC)c2)o1. The molecule has 0 amide bonds. The van der Waals surface area contributed by atoms with E-state index in [1.54, 1.807) is 7.11 Å². The van der Waals surface area contributed by atoms with E-state index in [2.05, 4.69) is 27.8 Å². The summed E-state index contributed by atoms with van der Waals surface area (Å²) >= 11 is 0. The molecule has 1 aromatic heterocycles. The van der Waals surface area contributed by atoms with Gasteiger partial charge in [0.1, 0.15) is 5.75 Å². The Bertz CT molecular complexity index is 541. The number of aromatic nitrogens is 2. The van der Waals surface area contributed by atoms with E-state index in [1.165, 1.54) is 0 Å². The van der Waals surface area contributed by atoms with Crippen molar-refractivity contribution in [3.05, 3.63) is 30.2 Å². The maximum absolute atomic E-state index is 5.58. The van der Waals surface area contributed by atoms with Crippen LogP contribution in [0.1, 0.15) is 32.2 Å². The molecule has 20 heavy (non-hydrogen) atoms. The molecule has 0 saturated heterocycles. The first-order valence-corrected chi connectivity index (χ1v) is 6.70. The van der Waals surface area contributed by atoms with Gasteiger partial charge in [0, 0.05) is 11.8 Å². The van der Waals surface area contributed by atoms with Gasteiger partial charge in [0.2, 0.25) is 5.89 Å². The largest absolute Gasteiger partial charge is 0.497 e. The van der Waals surface area contributed by atoms with Gasteiger partial charge in [-0.2, -0.15) is 0 Å². The summed E-state index contributed by atoms with van der Waals surface area (Å²) < 4.78 is 10.7. The van der Waals surface area contributed by atoms with Crippen molar-refractivity contribution in [2.45, 2.75) is 26.3 Å². The third-order valence-electron chi connectivity index (χ3n) is 2.83. The Morgan fingerprint density at radius 2 is 2.20 bits per heavy atom. The van der Waals surface area contributed by atoms with Crippen LogP contribution in [0.25, 0.3) is 0 Å². The molecule has 0 radical (unpaired) electrons. The fourth-order valence-electron chi connectivity index (χ4n) is 1.73. The number of rotatable bonds is 7. The van der Waals surface area contributed by atoms with Crippen LogP contribution in [-0.2, 0) is 0 Å². The molecule has 2 N–H and O–H groups in total. The molecule has 0 aliphatic carbocycles. The molecule has 0 fully saturated rings. The standard InChI is InChI=1S/C14H20N4O2/c1-4-8-15-10(2)13-17-18-14(20-13)16-11-6-5-7-12(9-11)19-3/h5-7,9-10,15H,4,8H2,1-3H3,(H,16,18). The molecular weight excluding hydrogens is 256 g/mol. The molecular formula is C14H20N4O2. The van der Waals surface area contributed by atoms with Crippen molar-refractivity contribution < 1.29 is 9.15 Å². The van der Waals surface area contributed by atoms with Crippen LogP contribution >= 0.6 is 0 Å². The zero-order valence-corrected chi connectivity index (χ0v) is 12.0. The molecule has 1 atom stereocenters. The number of nitrogens with zero attached hydrogens (tertiary/aromatic N) is 2. The topological polar surface area (TPSA) is 72.2 Å². The highest BCUT2D eigenvalue weighted by Crippen LogP contribution is 2.21. The highest BCUT2D eigenvalue weighted by Gasteiger charge is 2.13. The summed E-state index contributed by atoms with van der Waals surface area (Å²) in [7, 11) is 1.63. The number of methoxy groups -OCH3 is 1. The average molecular weight is 276 g/mol. The van der Waals surface area contributed by atoms with E-state index in [-0.39, 0.29) is 6.04 Å². The summed E-state index contributed by atoms with van der Waals surface area (Å²) in [6, 6.07) is 7.96. The lowest BCUT2D eigenvalue weighted by molar-refractivity contribution is 0.415. The third-order valence-corrected chi connectivity index (χ3v) is 2.83. The van der Waals surface area contributed by atoms with Crippen LogP contribution in [0.4, 0.5) is 11.7 Å². The van der Waals surface area contributed by atoms with Gasteiger partial charge in [0.25, 0.3) is 0 Å². The lowest BCUT2D eigenvalue weighted by Gasteiger charge is -2.07. The molecule has 6 nitrogen and oxygen atoms in total. The number of hydrogen-bond donors (Lipinski definition) is 2. The van der Waals surface area contributed by atoms with Crippen LogP contribution in [-0.4, -0.2) is 23.9 Å². The smallest absolute Gasteiger partial charge is 0.320 e. The van der Waals surface area contributed by atoms with Crippen LogP contribution in [0.2, 0.25) is 0 Å². The fraction of sp³-hybridized carbons (Fsp3) is 0.429. The second-order valence-corrected chi connectivity index (χ2v) is 4.48. The van der Waals surface area contributed by atoms with Crippen molar-refractivity contribution >= 4 is 11.7 Å². The zero-order chi connectivity index (χ0) is 14.4. The van der Waals surface area contributed by atoms with Gasteiger partial charge in [-0.3, -0.25) is 0 Å². The highest BCUT2D eigenvalue weighted by atomic mass is 16.5. The van der Waals surface area contributed by atoms with Gasteiger partial charge < -0.3 is 19.8 Å². The maximum Gasteiger partial charge on any atom is 0.320 e. The average Bonchev–Trinajstić information content (AvgIpc) is 2.93. The van der Waals surface area contributed by atoms with Crippen molar-refractivity contribution in [2.75, 3.05) is 19.0 Å². The van der Waals surface area contributed by atoms with Crippen LogP contribution < -0.4 is 15.4 Å². The molecule has 1 aromatic carbocycles. The Labute approximate surface area is 118 Å². The van der Waals surface area contributed by atoms with Crippen LogP contribution in [0.3, 0.4) is 0 Å². The number of benzene rings is 1. The normalized spacial score (nSPS) is 12.2. The number of hydrogen-bond acceptors (Lipinski definition) is 6. The summed E-state index contributed by atoms with van der Waals surface area (Å²) in [4.78, 5) is 0. The van der Waals surface area contributed by atoms with Crippen molar-refractivity contribution in [1.29, 1.82) is 0 Å². The lowest BCUT2D eigenvalue weighted by atomic mass is 10.3. The van der Waals surface area contributed by atoms with Crippen molar-refractivity contribution in [2.24, 2.45) is 0 Å². The van der Waals surface area contributed by atoms with Gasteiger partial charge in [-0.15, -0.1) is 5.10 Å². The quantitative estimate of drug-likeness (QED) is 0.810. The summed E-state index contributed by atoms with van der Waals surface area (Å²) in [5.74, 6) is 1.34. The molecule has 108 valence electrons. The van der Waals surface area contributed by atoms with Gasteiger partial charge >= 0.3 is 6.01 Å². The lowest BCUT2D eigenvalue weighted by Crippen LogP contribution is -2.19. The van der Waals surface area contributed by atoms with Crippen LogP contribution in [0.15, 0.2) is 28.7 Å². The minimum atomic E-state index is 0.0447. The van der Waals surface area contributed by atoms with Crippen molar-refractivity contribution in [3.63, 3.8) is 0 Å². The predicted octanol–water partition coefficient (Wildman–Crippen LogP) is 2.88. The minimum absolute atomic E-state index is 0.0447. The molecule has 0 aliphatic heterocycles. The van der Waals surface area contributed by atoms with Crippen molar-refractivity contribution in [1.82, 2.24) is 15.5 Å². The molecule has 1 unspecified atom stereocenters. The summed E-state index contributed by atoms with van der Waals surface area (Å²) in [6.07, 6.45) is 1.06. The van der Waals surface area contributed by atoms with Gasteiger partial charge in [0.05, 0.1) is 13.2 Å². The number of nitrogens with one attached hydrogen (secondary N) is 2. The molecule has 0 bridgehead atoms. The van der Waals surface area contributed by atoms with Gasteiger partial charge in [-0.05, 0) is 32.0 Å². The van der Waals surface area contributed by atoms with E-state index in [1.807, 2.05) is 31.2 Å². The predicted molar refractivity (Wildman–Crippen MR) is 77.3 cm³/mol. The monoisotopic (exact) mass is 276 g/mol. The maximum atomic E-state index is 5.58. The number of anilines is 2. The van der Waals surface area contributed by atoms with E-state index in [0.717, 1.165) is 24.4 Å². The molecule has 0 spiro atoms. The summed E-state index contributed by atoms with van der Waals surface area (Å²) in [6.45, 7) is 5.03. The van der Waals surface area contributed by atoms with Crippen LogP contribution in [0.5, 0.6) is 5.75 Å². The van der Waals surface area contributed by atoms with Gasteiger partial charge in [0.15, 0.2) is 0 Å². The summed E-state index contributed by atoms with van der Waals surface area (Å²) in [5, 5.41) is 14.4. The first-order chi connectivity index (χ1) is 9.72. The fourth-order valence-corrected chi connectivity index (χ4v) is 1.73. The first kappa shape index (κ1) is 14.3.